The van der Waals surface area contributed by atoms with E-state index in [2.05, 4.69) is 0 Å². The largest absolute Gasteiger partial charge is 0.330 e. The molecule has 0 aliphatic carbocycles. The second-order valence-electron chi connectivity index (χ2n) is 4.68. The van der Waals surface area contributed by atoms with Crippen LogP contribution in [0.15, 0.2) is 0 Å². The monoisotopic (exact) mass is 192 g/mol. The highest BCUT2D eigenvalue weighted by Crippen LogP contribution is 2.28. The third-order valence-electron chi connectivity index (χ3n) is 2.45. The number of hydrogen-bond acceptors (Lipinski definition) is 2. The van der Waals surface area contributed by atoms with Crippen molar-refractivity contribution in [1.29, 1.82) is 0 Å². The Morgan fingerprint density at radius 3 is 2.46 bits per heavy atom. The molecule has 0 unspecified atom stereocenters. The van der Waals surface area contributed by atoms with Crippen molar-refractivity contribution in [3.05, 3.63) is 0 Å². The van der Waals surface area contributed by atoms with Gasteiger partial charge >= 0.3 is 0 Å². The van der Waals surface area contributed by atoms with Gasteiger partial charge in [-0.1, -0.05) is 13.8 Å². The molecule has 13 heavy (non-hydrogen) atoms. The van der Waals surface area contributed by atoms with E-state index in [1.54, 1.807) is 4.90 Å². The number of alkyl halides is 2. The fourth-order valence-electron chi connectivity index (χ4n) is 1.61. The predicted molar refractivity (Wildman–Crippen MR) is 48.8 cm³/mol. The molecule has 1 rings (SSSR count). The molecule has 4 heteroatoms. The number of halogens is 2. The fraction of sp³-hybridized carbons (Fsp3) is 1.00. The summed E-state index contributed by atoms with van der Waals surface area (Å²) >= 11 is 0. The second kappa shape index (κ2) is 3.50. The lowest BCUT2D eigenvalue weighted by molar-refractivity contribution is 0.00915. The van der Waals surface area contributed by atoms with Crippen LogP contribution in [-0.4, -0.2) is 37.0 Å². The first-order chi connectivity index (χ1) is 5.85. The Bertz CT molecular complexity index is 180. The molecular formula is C9H18F2N2. The van der Waals surface area contributed by atoms with Crippen LogP contribution in [0.5, 0.6) is 0 Å². The summed E-state index contributed by atoms with van der Waals surface area (Å²) in [6.07, 6.45) is -0.00630. The van der Waals surface area contributed by atoms with Crippen molar-refractivity contribution in [2.75, 3.05) is 26.2 Å². The van der Waals surface area contributed by atoms with Crippen molar-refractivity contribution in [1.82, 2.24) is 4.90 Å². The summed E-state index contributed by atoms with van der Waals surface area (Å²) in [7, 11) is 0. The van der Waals surface area contributed by atoms with Crippen LogP contribution in [0, 0.1) is 5.41 Å². The molecule has 1 heterocycles. The van der Waals surface area contributed by atoms with Gasteiger partial charge < -0.3 is 5.73 Å². The maximum atomic E-state index is 12.8. The van der Waals surface area contributed by atoms with E-state index in [9.17, 15) is 8.78 Å². The van der Waals surface area contributed by atoms with Crippen LogP contribution < -0.4 is 5.73 Å². The van der Waals surface area contributed by atoms with Crippen LogP contribution in [0.4, 0.5) is 8.78 Å². The zero-order chi connectivity index (χ0) is 10.1. The highest BCUT2D eigenvalue weighted by Gasteiger charge is 2.39. The third-order valence-corrected chi connectivity index (χ3v) is 2.45. The first-order valence-corrected chi connectivity index (χ1v) is 4.65. The number of likely N-dealkylation sites (tertiary alicyclic amines) is 1. The molecule has 1 saturated heterocycles. The molecule has 1 fully saturated rings. The third kappa shape index (κ3) is 3.19. The Labute approximate surface area is 78.1 Å². The number of nitrogens with zero attached hydrogens (tertiary/aromatic N) is 1. The fourth-order valence-corrected chi connectivity index (χ4v) is 1.61. The molecule has 0 aromatic heterocycles. The van der Waals surface area contributed by atoms with E-state index in [-0.39, 0.29) is 18.4 Å². The van der Waals surface area contributed by atoms with Crippen LogP contribution in [-0.2, 0) is 0 Å². The van der Waals surface area contributed by atoms with Gasteiger partial charge in [0.15, 0.2) is 0 Å². The van der Waals surface area contributed by atoms with Gasteiger partial charge in [0.05, 0.1) is 6.54 Å². The van der Waals surface area contributed by atoms with Crippen LogP contribution in [0.1, 0.15) is 20.3 Å². The van der Waals surface area contributed by atoms with Gasteiger partial charge in [0.1, 0.15) is 0 Å². The standard InChI is InChI=1S/C9H18F2N2/c1-8(2,5-12)6-13-4-3-9(10,11)7-13/h3-7,12H2,1-2H3. The lowest BCUT2D eigenvalue weighted by atomic mass is 9.93. The Balaban J connectivity index is 2.40. The molecule has 78 valence electrons. The predicted octanol–water partition coefficient (Wildman–Crippen LogP) is 1.31. The SMILES string of the molecule is CC(C)(CN)CN1CCC(F)(F)C1. The Hall–Kier alpha value is -0.220. The molecule has 1 aliphatic rings. The van der Waals surface area contributed by atoms with E-state index in [0.717, 1.165) is 0 Å². The molecule has 0 spiro atoms. The van der Waals surface area contributed by atoms with Crippen molar-refractivity contribution in [3.8, 4) is 0 Å². The van der Waals surface area contributed by atoms with E-state index in [4.69, 9.17) is 5.73 Å². The Kier molecular flexibility index (Phi) is 2.92. The molecule has 0 radical (unpaired) electrons. The van der Waals surface area contributed by atoms with Gasteiger partial charge in [0.25, 0.3) is 5.92 Å². The molecule has 0 saturated carbocycles. The first kappa shape index (κ1) is 10.9. The molecule has 0 amide bonds. The Morgan fingerprint density at radius 2 is 2.08 bits per heavy atom. The van der Waals surface area contributed by atoms with Crippen LogP contribution in [0.3, 0.4) is 0 Å². The van der Waals surface area contributed by atoms with Crippen LogP contribution >= 0.6 is 0 Å². The smallest absolute Gasteiger partial charge is 0.261 e. The van der Waals surface area contributed by atoms with Crippen molar-refractivity contribution >= 4 is 0 Å². The summed E-state index contributed by atoms with van der Waals surface area (Å²) in [5.74, 6) is -2.48. The van der Waals surface area contributed by atoms with Gasteiger partial charge in [0, 0.05) is 19.5 Å². The lowest BCUT2D eigenvalue weighted by Crippen LogP contribution is -2.38. The minimum absolute atomic E-state index is 0.00630. The van der Waals surface area contributed by atoms with Crippen LogP contribution in [0.2, 0.25) is 0 Å². The minimum Gasteiger partial charge on any atom is -0.330 e. The molecule has 2 nitrogen and oxygen atoms in total. The summed E-state index contributed by atoms with van der Waals surface area (Å²) in [6, 6.07) is 0. The second-order valence-corrected chi connectivity index (χ2v) is 4.68. The number of nitrogens with two attached hydrogens (primary N) is 1. The summed E-state index contributed by atoms with van der Waals surface area (Å²) < 4.78 is 25.6. The minimum atomic E-state index is -2.48. The van der Waals surface area contributed by atoms with E-state index < -0.39 is 5.92 Å². The highest BCUT2D eigenvalue weighted by molar-refractivity contribution is 4.85. The molecule has 0 aromatic rings. The molecule has 1 aliphatic heterocycles. The van der Waals surface area contributed by atoms with E-state index >= 15 is 0 Å². The summed E-state index contributed by atoms with van der Waals surface area (Å²) in [5, 5.41) is 0. The molecular weight excluding hydrogens is 174 g/mol. The highest BCUT2D eigenvalue weighted by atomic mass is 19.3. The van der Waals surface area contributed by atoms with E-state index in [1.807, 2.05) is 13.8 Å². The van der Waals surface area contributed by atoms with Gasteiger partial charge in [-0.25, -0.2) is 8.78 Å². The summed E-state index contributed by atoms with van der Waals surface area (Å²) in [4.78, 5) is 1.80. The first-order valence-electron chi connectivity index (χ1n) is 4.65. The molecule has 0 bridgehead atoms. The normalized spacial score (nSPS) is 23.8. The lowest BCUT2D eigenvalue weighted by Gasteiger charge is -2.28. The van der Waals surface area contributed by atoms with Gasteiger partial charge in [-0.3, -0.25) is 4.90 Å². The van der Waals surface area contributed by atoms with Gasteiger partial charge in [0.2, 0.25) is 0 Å². The summed E-state index contributed by atoms with van der Waals surface area (Å²) in [5.41, 5.74) is 5.48. The van der Waals surface area contributed by atoms with Crippen molar-refractivity contribution < 1.29 is 8.78 Å². The van der Waals surface area contributed by atoms with Gasteiger partial charge in [-0.15, -0.1) is 0 Å². The maximum Gasteiger partial charge on any atom is 0.261 e. The van der Waals surface area contributed by atoms with Gasteiger partial charge in [-0.2, -0.15) is 0 Å². The van der Waals surface area contributed by atoms with E-state index in [0.29, 0.717) is 19.6 Å². The van der Waals surface area contributed by atoms with Crippen LogP contribution in [0.25, 0.3) is 0 Å². The van der Waals surface area contributed by atoms with Crippen molar-refractivity contribution in [3.63, 3.8) is 0 Å². The zero-order valence-electron chi connectivity index (χ0n) is 8.32. The quantitative estimate of drug-likeness (QED) is 0.730. The molecule has 0 atom stereocenters. The molecule has 0 aromatic carbocycles. The van der Waals surface area contributed by atoms with E-state index in [1.165, 1.54) is 0 Å². The zero-order valence-corrected chi connectivity index (χ0v) is 8.32. The van der Waals surface area contributed by atoms with Crippen molar-refractivity contribution in [2.24, 2.45) is 11.1 Å². The van der Waals surface area contributed by atoms with Crippen molar-refractivity contribution in [2.45, 2.75) is 26.2 Å². The maximum absolute atomic E-state index is 12.8. The van der Waals surface area contributed by atoms with Gasteiger partial charge in [-0.05, 0) is 12.0 Å². The Morgan fingerprint density at radius 1 is 1.46 bits per heavy atom. The summed E-state index contributed by atoms with van der Waals surface area (Å²) in [6.45, 7) is 5.61. The molecule has 2 N–H and O–H groups in total. The number of hydrogen-bond donors (Lipinski definition) is 1. The average molecular weight is 192 g/mol. The average Bonchev–Trinajstić information content (AvgIpc) is 2.29. The topological polar surface area (TPSA) is 29.3 Å². The number of rotatable bonds is 3.